The van der Waals surface area contributed by atoms with Crippen LogP contribution in [-0.4, -0.2) is 31.2 Å². The molecule has 1 aromatic heterocycles. The SMILES string of the molecule is CCN(CC)c1nc2ccc(OC(=O)c3ccc(OC)cc3)cc2s1. The molecule has 130 valence electrons. The van der Waals surface area contributed by atoms with Crippen LogP contribution >= 0.6 is 11.3 Å². The summed E-state index contributed by atoms with van der Waals surface area (Å²) in [7, 11) is 1.59. The van der Waals surface area contributed by atoms with Crippen LogP contribution in [0.25, 0.3) is 10.2 Å². The molecule has 0 N–H and O–H groups in total. The number of thiazole rings is 1. The largest absolute Gasteiger partial charge is 0.497 e. The molecule has 0 saturated heterocycles. The molecule has 0 aliphatic carbocycles. The third-order valence-corrected chi connectivity index (χ3v) is 5.00. The second kappa shape index (κ2) is 7.53. The molecule has 5 nitrogen and oxygen atoms in total. The Balaban J connectivity index is 1.80. The van der Waals surface area contributed by atoms with Gasteiger partial charge in [-0.15, -0.1) is 0 Å². The molecule has 0 fully saturated rings. The molecule has 25 heavy (non-hydrogen) atoms. The van der Waals surface area contributed by atoms with Crippen LogP contribution < -0.4 is 14.4 Å². The summed E-state index contributed by atoms with van der Waals surface area (Å²) in [4.78, 5) is 19.1. The molecule has 0 radical (unpaired) electrons. The number of hydrogen-bond acceptors (Lipinski definition) is 6. The number of hydrogen-bond donors (Lipinski definition) is 0. The molecule has 1 heterocycles. The summed E-state index contributed by atoms with van der Waals surface area (Å²) >= 11 is 1.60. The van der Waals surface area contributed by atoms with Gasteiger partial charge in [0.15, 0.2) is 5.13 Å². The van der Waals surface area contributed by atoms with Gasteiger partial charge in [-0.1, -0.05) is 11.3 Å². The second-order valence-electron chi connectivity index (χ2n) is 5.42. The van der Waals surface area contributed by atoms with E-state index in [9.17, 15) is 4.79 Å². The third kappa shape index (κ3) is 3.74. The van der Waals surface area contributed by atoms with Crippen LogP contribution in [-0.2, 0) is 0 Å². The van der Waals surface area contributed by atoms with Crippen molar-refractivity contribution in [1.82, 2.24) is 4.98 Å². The summed E-state index contributed by atoms with van der Waals surface area (Å²) in [5.41, 5.74) is 1.39. The third-order valence-electron chi connectivity index (χ3n) is 3.92. The van der Waals surface area contributed by atoms with E-state index in [2.05, 4.69) is 23.7 Å². The summed E-state index contributed by atoms with van der Waals surface area (Å²) < 4.78 is 11.6. The van der Waals surface area contributed by atoms with E-state index >= 15 is 0 Å². The maximum absolute atomic E-state index is 12.3. The van der Waals surface area contributed by atoms with E-state index in [1.54, 1.807) is 48.8 Å². The Bertz CT molecular complexity index is 870. The lowest BCUT2D eigenvalue weighted by Crippen LogP contribution is -2.21. The van der Waals surface area contributed by atoms with Gasteiger partial charge in [-0.25, -0.2) is 9.78 Å². The fourth-order valence-corrected chi connectivity index (χ4v) is 3.60. The van der Waals surface area contributed by atoms with Crippen molar-refractivity contribution in [1.29, 1.82) is 0 Å². The highest BCUT2D eigenvalue weighted by Gasteiger charge is 2.12. The number of esters is 1. The summed E-state index contributed by atoms with van der Waals surface area (Å²) in [5.74, 6) is 0.824. The number of carbonyl (C=O) groups excluding carboxylic acids is 1. The highest BCUT2D eigenvalue weighted by atomic mass is 32.1. The second-order valence-corrected chi connectivity index (χ2v) is 6.43. The predicted octanol–water partition coefficient (Wildman–Crippen LogP) is 4.37. The van der Waals surface area contributed by atoms with Gasteiger partial charge in [0.25, 0.3) is 0 Å². The average Bonchev–Trinajstić information content (AvgIpc) is 3.05. The van der Waals surface area contributed by atoms with Crippen LogP contribution in [0, 0.1) is 0 Å². The van der Waals surface area contributed by atoms with Crippen LogP contribution in [0.3, 0.4) is 0 Å². The van der Waals surface area contributed by atoms with Crippen LogP contribution in [0.2, 0.25) is 0 Å². The molecule has 6 heteroatoms. The lowest BCUT2D eigenvalue weighted by molar-refractivity contribution is 0.0735. The average molecular weight is 356 g/mol. The van der Waals surface area contributed by atoms with E-state index in [0.717, 1.165) is 28.4 Å². The zero-order valence-electron chi connectivity index (χ0n) is 14.5. The highest BCUT2D eigenvalue weighted by molar-refractivity contribution is 7.22. The molecule has 2 aromatic carbocycles. The Morgan fingerprint density at radius 3 is 2.40 bits per heavy atom. The van der Waals surface area contributed by atoms with Crippen molar-refractivity contribution in [3.63, 3.8) is 0 Å². The number of fused-ring (bicyclic) bond motifs is 1. The molecule has 0 amide bonds. The lowest BCUT2D eigenvalue weighted by Gasteiger charge is -2.16. The van der Waals surface area contributed by atoms with Crippen molar-refractivity contribution in [2.24, 2.45) is 0 Å². The number of rotatable bonds is 6. The standard InChI is InChI=1S/C19H20N2O3S/c1-4-21(5-2)19-20-16-11-10-15(12-17(16)25-19)24-18(22)13-6-8-14(23-3)9-7-13/h6-12H,4-5H2,1-3H3. The maximum atomic E-state index is 12.3. The quantitative estimate of drug-likeness (QED) is 0.485. The molecule has 0 atom stereocenters. The Kier molecular flexibility index (Phi) is 5.19. The molecular weight excluding hydrogens is 336 g/mol. The lowest BCUT2D eigenvalue weighted by atomic mass is 10.2. The zero-order valence-corrected chi connectivity index (χ0v) is 15.3. The first kappa shape index (κ1) is 17.2. The number of ether oxygens (including phenoxy) is 2. The number of methoxy groups -OCH3 is 1. The minimum Gasteiger partial charge on any atom is -0.497 e. The van der Waals surface area contributed by atoms with Crippen molar-refractivity contribution in [2.75, 3.05) is 25.1 Å². The van der Waals surface area contributed by atoms with Crippen LogP contribution in [0.1, 0.15) is 24.2 Å². The van der Waals surface area contributed by atoms with Crippen molar-refractivity contribution in [3.05, 3.63) is 48.0 Å². The smallest absolute Gasteiger partial charge is 0.343 e. The van der Waals surface area contributed by atoms with Crippen molar-refractivity contribution < 1.29 is 14.3 Å². The maximum Gasteiger partial charge on any atom is 0.343 e. The van der Waals surface area contributed by atoms with Crippen LogP contribution in [0.15, 0.2) is 42.5 Å². The van der Waals surface area contributed by atoms with E-state index in [-0.39, 0.29) is 0 Å². The van der Waals surface area contributed by atoms with Gasteiger partial charge < -0.3 is 14.4 Å². The Morgan fingerprint density at radius 1 is 1.08 bits per heavy atom. The van der Waals surface area contributed by atoms with Crippen molar-refractivity contribution >= 4 is 32.7 Å². The Labute approximate surface area is 150 Å². The molecule has 0 saturated carbocycles. The first-order valence-corrected chi connectivity index (χ1v) is 8.98. The molecule has 0 unspecified atom stereocenters. The number of aromatic nitrogens is 1. The van der Waals surface area contributed by atoms with Crippen molar-refractivity contribution in [3.8, 4) is 11.5 Å². The predicted molar refractivity (Wildman–Crippen MR) is 101 cm³/mol. The summed E-state index contributed by atoms with van der Waals surface area (Å²) in [6.45, 7) is 6.04. The molecule has 0 aliphatic heterocycles. The fraction of sp³-hybridized carbons (Fsp3) is 0.263. The number of anilines is 1. The van der Waals surface area contributed by atoms with Crippen LogP contribution in [0.5, 0.6) is 11.5 Å². The summed E-state index contributed by atoms with van der Waals surface area (Å²) in [6, 6.07) is 12.4. The first-order valence-electron chi connectivity index (χ1n) is 8.16. The monoisotopic (exact) mass is 356 g/mol. The van der Waals surface area contributed by atoms with E-state index in [1.807, 2.05) is 12.1 Å². The molecule has 0 spiro atoms. The van der Waals surface area contributed by atoms with Gasteiger partial charge in [0.05, 0.1) is 22.9 Å². The van der Waals surface area contributed by atoms with Gasteiger partial charge in [0.1, 0.15) is 11.5 Å². The molecule has 3 rings (SSSR count). The Morgan fingerprint density at radius 2 is 1.76 bits per heavy atom. The van der Waals surface area contributed by atoms with Gasteiger partial charge >= 0.3 is 5.97 Å². The normalized spacial score (nSPS) is 10.7. The van der Waals surface area contributed by atoms with Gasteiger partial charge in [0, 0.05) is 19.2 Å². The van der Waals surface area contributed by atoms with Crippen molar-refractivity contribution in [2.45, 2.75) is 13.8 Å². The topological polar surface area (TPSA) is 51.7 Å². The van der Waals surface area contributed by atoms with Gasteiger partial charge in [0.2, 0.25) is 0 Å². The summed E-state index contributed by atoms with van der Waals surface area (Å²) in [6.07, 6.45) is 0. The fourth-order valence-electron chi connectivity index (χ4n) is 2.48. The van der Waals surface area contributed by atoms with E-state index < -0.39 is 5.97 Å². The van der Waals surface area contributed by atoms with Crippen LogP contribution in [0.4, 0.5) is 5.13 Å². The van der Waals surface area contributed by atoms with Gasteiger partial charge in [-0.2, -0.15) is 0 Å². The van der Waals surface area contributed by atoms with Gasteiger partial charge in [-0.3, -0.25) is 0 Å². The highest BCUT2D eigenvalue weighted by Crippen LogP contribution is 2.31. The molecule has 0 bridgehead atoms. The van der Waals surface area contributed by atoms with E-state index in [1.165, 1.54) is 0 Å². The minimum absolute atomic E-state index is 0.393. The number of nitrogens with zero attached hydrogens (tertiary/aromatic N) is 2. The summed E-state index contributed by atoms with van der Waals surface area (Å²) in [5, 5.41) is 0.985. The van der Waals surface area contributed by atoms with Gasteiger partial charge in [-0.05, 0) is 50.2 Å². The van der Waals surface area contributed by atoms with E-state index in [0.29, 0.717) is 17.1 Å². The number of carbonyl (C=O) groups is 1. The zero-order chi connectivity index (χ0) is 17.8. The first-order chi connectivity index (χ1) is 12.1. The minimum atomic E-state index is -0.393. The molecular formula is C19H20N2O3S. The number of benzene rings is 2. The molecule has 3 aromatic rings. The Hall–Kier alpha value is -2.60. The molecule has 0 aliphatic rings. The van der Waals surface area contributed by atoms with E-state index in [4.69, 9.17) is 9.47 Å².